The lowest BCUT2D eigenvalue weighted by molar-refractivity contribution is 0.0502. The standard InChI is InChI=1S/C25H36N2O3/c1-24(2,3)26-17-21(27-23(28)30-25(4,5)6)16-19-12-14-22(15-13-19)29-18-20-10-8-7-9-11-20/h7-15,21,26H,16-18H2,1-6H3,(H,27,28)/t21-/m1/s1. The lowest BCUT2D eigenvalue weighted by Gasteiger charge is -2.27. The molecule has 2 N–H and O–H groups in total. The molecule has 1 amide bonds. The van der Waals surface area contributed by atoms with E-state index in [1.165, 1.54) is 0 Å². The third-order valence-corrected chi connectivity index (χ3v) is 4.25. The van der Waals surface area contributed by atoms with Crippen LogP contribution >= 0.6 is 0 Å². The van der Waals surface area contributed by atoms with Gasteiger partial charge in [-0.15, -0.1) is 0 Å². The van der Waals surface area contributed by atoms with Crippen LogP contribution in [0, 0.1) is 0 Å². The molecule has 0 heterocycles. The summed E-state index contributed by atoms with van der Waals surface area (Å²) >= 11 is 0. The maximum Gasteiger partial charge on any atom is 0.407 e. The number of ether oxygens (including phenoxy) is 2. The first-order chi connectivity index (χ1) is 14.0. The number of alkyl carbamates (subject to hydrolysis) is 1. The molecule has 0 fully saturated rings. The molecule has 5 nitrogen and oxygen atoms in total. The van der Waals surface area contributed by atoms with E-state index in [-0.39, 0.29) is 11.6 Å². The van der Waals surface area contributed by atoms with Gasteiger partial charge in [0.05, 0.1) is 0 Å². The first-order valence-corrected chi connectivity index (χ1v) is 10.5. The Labute approximate surface area is 181 Å². The van der Waals surface area contributed by atoms with Gasteiger partial charge in [-0.05, 0) is 71.2 Å². The summed E-state index contributed by atoms with van der Waals surface area (Å²) in [6.07, 6.45) is 0.299. The minimum absolute atomic E-state index is 0.0387. The molecular formula is C25H36N2O3. The highest BCUT2D eigenvalue weighted by Crippen LogP contribution is 2.16. The Morgan fingerprint density at radius 1 is 0.900 bits per heavy atom. The SMILES string of the molecule is CC(C)(C)NC[C@@H](Cc1ccc(OCc2ccccc2)cc1)NC(=O)OC(C)(C)C. The Balaban J connectivity index is 1.96. The molecule has 2 rings (SSSR count). The molecule has 0 aliphatic rings. The monoisotopic (exact) mass is 412 g/mol. The van der Waals surface area contributed by atoms with Crippen molar-refractivity contribution < 1.29 is 14.3 Å². The van der Waals surface area contributed by atoms with E-state index in [1.807, 2.05) is 75.4 Å². The Kier molecular flexibility index (Phi) is 8.30. The van der Waals surface area contributed by atoms with Gasteiger partial charge in [-0.1, -0.05) is 42.5 Å². The highest BCUT2D eigenvalue weighted by atomic mass is 16.6. The Hall–Kier alpha value is -2.53. The zero-order valence-electron chi connectivity index (χ0n) is 19.1. The zero-order chi connectivity index (χ0) is 22.2. The molecule has 0 spiro atoms. The molecule has 0 saturated carbocycles. The predicted molar refractivity (Wildman–Crippen MR) is 122 cm³/mol. The molecule has 0 aromatic heterocycles. The van der Waals surface area contributed by atoms with Crippen molar-refractivity contribution in [1.29, 1.82) is 0 Å². The van der Waals surface area contributed by atoms with Crippen LogP contribution in [0.1, 0.15) is 52.7 Å². The minimum atomic E-state index is -0.524. The minimum Gasteiger partial charge on any atom is -0.489 e. The number of amides is 1. The maximum atomic E-state index is 12.3. The third-order valence-electron chi connectivity index (χ3n) is 4.25. The van der Waals surface area contributed by atoms with Gasteiger partial charge in [0.15, 0.2) is 0 Å². The molecule has 0 saturated heterocycles. The molecule has 0 aliphatic heterocycles. The van der Waals surface area contributed by atoms with Gasteiger partial charge in [0.25, 0.3) is 0 Å². The Morgan fingerprint density at radius 3 is 2.10 bits per heavy atom. The van der Waals surface area contributed by atoms with E-state index in [0.29, 0.717) is 19.6 Å². The summed E-state index contributed by atoms with van der Waals surface area (Å²) in [4.78, 5) is 12.3. The van der Waals surface area contributed by atoms with Crippen LogP contribution in [0.15, 0.2) is 54.6 Å². The van der Waals surface area contributed by atoms with Crippen LogP contribution in [0.5, 0.6) is 5.75 Å². The summed E-state index contributed by atoms with van der Waals surface area (Å²) in [7, 11) is 0. The fraction of sp³-hybridized carbons (Fsp3) is 0.480. The van der Waals surface area contributed by atoms with E-state index in [4.69, 9.17) is 9.47 Å². The molecule has 0 aliphatic carbocycles. The van der Waals surface area contributed by atoms with Crippen LogP contribution in [0.4, 0.5) is 4.79 Å². The van der Waals surface area contributed by atoms with Gasteiger partial charge in [-0.2, -0.15) is 0 Å². The van der Waals surface area contributed by atoms with Gasteiger partial charge in [0.1, 0.15) is 18.0 Å². The van der Waals surface area contributed by atoms with E-state index in [2.05, 4.69) is 31.4 Å². The van der Waals surface area contributed by atoms with Crippen LogP contribution in [-0.4, -0.2) is 29.8 Å². The van der Waals surface area contributed by atoms with Crippen molar-refractivity contribution in [2.45, 2.75) is 71.8 Å². The molecule has 164 valence electrons. The van der Waals surface area contributed by atoms with E-state index < -0.39 is 11.7 Å². The molecule has 1 atom stereocenters. The van der Waals surface area contributed by atoms with E-state index in [9.17, 15) is 4.79 Å². The van der Waals surface area contributed by atoms with Gasteiger partial charge in [0, 0.05) is 18.1 Å². The van der Waals surface area contributed by atoms with Crippen molar-refractivity contribution in [3.63, 3.8) is 0 Å². The van der Waals surface area contributed by atoms with Crippen molar-refractivity contribution in [1.82, 2.24) is 10.6 Å². The number of carbonyl (C=O) groups excluding carboxylic acids is 1. The van der Waals surface area contributed by atoms with Gasteiger partial charge < -0.3 is 20.1 Å². The highest BCUT2D eigenvalue weighted by molar-refractivity contribution is 5.68. The predicted octanol–water partition coefficient (Wildman–Crippen LogP) is 5.09. The topological polar surface area (TPSA) is 59.6 Å². The number of hydrogen-bond donors (Lipinski definition) is 2. The van der Waals surface area contributed by atoms with E-state index >= 15 is 0 Å². The van der Waals surface area contributed by atoms with Gasteiger partial charge in [0.2, 0.25) is 0 Å². The molecule has 2 aromatic carbocycles. The van der Waals surface area contributed by atoms with Crippen LogP contribution in [-0.2, 0) is 17.8 Å². The normalized spacial score (nSPS) is 12.9. The first kappa shape index (κ1) is 23.7. The molecular weight excluding hydrogens is 376 g/mol. The van der Waals surface area contributed by atoms with Crippen molar-refractivity contribution in [3.05, 3.63) is 65.7 Å². The van der Waals surface area contributed by atoms with Gasteiger partial charge in [-0.3, -0.25) is 0 Å². The number of hydrogen-bond acceptors (Lipinski definition) is 4. The fourth-order valence-corrected chi connectivity index (χ4v) is 2.83. The highest BCUT2D eigenvalue weighted by Gasteiger charge is 2.21. The summed E-state index contributed by atoms with van der Waals surface area (Å²) in [5.74, 6) is 0.826. The van der Waals surface area contributed by atoms with Crippen LogP contribution < -0.4 is 15.4 Å². The number of rotatable bonds is 8. The van der Waals surface area contributed by atoms with Crippen LogP contribution in [0.3, 0.4) is 0 Å². The smallest absolute Gasteiger partial charge is 0.407 e. The molecule has 0 radical (unpaired) electrons. The van der Waals surface area contributed by atoms with Gasteiger partial charge in [-0.25, -0.2) is 4.79 Å². The summed E-state index contributed by atoms with van der Waals surface area (Å²) in [6, 6.07) is 18.0. The summed E-state index contributed by atoms with van der Waals surface area (Å²) in [5.41, 5.74) is 1.70. The average Bonchev–Trinajstić information content (AvgIpc) is 2.64. The fourth-order valence-electron chi connectivity index (χ4n) is 2.83. The Bertz CT molecular complexity index is 775. The molecule has 0 bridgehead atoms. The van der Waals surface area contributed by atoms with Crippen molar-refractivity contribution in [2.75, 3.05) is 6.54 Å². The van der Waals surface area contributed by atoms with E-state index in [1.54, 1.807) is 0 Å². The van der Waals surface area contributed by atoms with Crippen LogP contribution in [0.25, 0.3) is 0 Å². The van der Waals surface area contributed by atoms with E-state index in [0.717, 1.165) is 16.9 Å². The third kappa shape index (κ3) is 9.79. The average molecular weight is 413 g/mol. The summed E-state index contributed by atoms with van der Waals surface area (Å²) in [6.45, 7) is 13.1. The molecule has 5 heteroatoms. The van der Waals surface area contributed by atoms with Crippen LogP contribution in [0.2, 0.25) is 0 Å². The van der Waals surface area contributed by atoms with Gasteiger partial charge >= 0.3 is 6.09 Å². The zero-order valence-corrected chi connectivity index (χ0v) is 19.1. The quantitative estimate of drug-likeness (QED) is 0.634. The largest absolute Gasteiger partial charge is 0.489 e. The van der Waals surface area contributed by atoms with Crippen molar-refractivity contribution in [3.8, 4) is 5.75 Å². The number of benzene rings is 2. The van der Waals surface area contributed by atoms with Crippen molar-refractivity contribution >= 4 is 6.09 Å². The first-order valence-electron chi connectivity index (χ1n) is 10.5. The maximum absolute atomic E-state index is 12.3. The summed E-state index contributed by atoms with van der Waals surface area (Å²) in [5, 5.41) is 6.47. The number of carbonyl (C=O) groups is 1. The number of nitrogens with one attached hydrogen (secondary N) is 2. The summed E-state index contributed by atoms with van der Waals surface area (Å²) < 4.78 is 11.3. The lowest BCUT2D eigenvalue weighted by Crippen LogP contribution is -2.49. The second-order valence-electron chi connectivity index (χ2n) is 9.60. The lowest BCUT2D eigenvalue weighted by atomic mass is 10.0. The second kappa shape index (κ2) is 10.5. The van der Waals surface area contributed by atoms with Crippen molar-refractivity contribution in [2.24, 2.45) is 0 Å². The second-order valence-corrected chi connectivity index (χ2v) is 9.60. The molecule has 0 unspecified atom stereocenters. The molecule has 30 heavy (non-hydrogen) atoms. The molecule has 2 aromatic rings. The Morgan fingerprint density at radius 2 is 1.53 bits per heavy atom.